The van der Waals surface area contributed by atoms with Crippen molar-refractivity contribution >= 4 is 29.9 Å². The molecule has 102 valence electrons. The molecule has 1 aliphatic rings. The van der Waals surface area contributed by atoms with E-state index in [1.54, 1.807) is 7.05 Å². The van der Waals surface area contributed by atoms with Crippen LogP contribution < -0.4 is 10.6 Å². The molecule has 0 aromatic rings. The van der Waals surface area contributed by atoms with Gasteiger partial charge in [-0.15, -0.1) is 24.0 Å². The van der Waals surface area contributed by atoms with Crippen molar-refractivity contribution in [2.24, 2.45) is 4.99 Å². The number of nitrogens with zero attached hydrogens (tertiary/aromatic N) is 1. The molecule has 0 aromatic carbocycles. The van der Waals surface area contributed by atoms with Gasteiger partial charge in [-0.05, 0) is 12.8 Å². The third-order valence-corrected chi connectivity index (χ3v) is 3.01. The number of ether oxygens (including phenoxy) is 1. The molecule has 0 bridgehead atoms. The summed E-state index contributed by atoms with van der Waals surface area (Å²) >= 11 is 0. The first-order valence-electron chi connectivity index (χ1n) is 6.37. The molecule has 1 saturated carbocycles. The minimum absolute atomic E-state index is 0. The molecule has 0 aromatic heterocycles. The summed E-state index contributed by atoms with van der Waals surface area (Å²) in [6.45, 7) is 1.59. The van der Waals surface area contributed by atoms with E-state index in [-0.39, 0.29) is 24.0 Å². The van der Waals surface area contributed by atoms with Gasteiger partial charge in [-0.3, -0.25) is 4.99 Å². The highest BCUT2D eigenvalue weighted by Crippen LogP contribution is 2.19. The first kappa shape index (κ1) is 17.0. The Morgan fingerprint density at radius 1 is 1.24 bits per heavy atom. The maximum absolute atomic E-state index is 5.86. The van der Waals surface area contributed by atoms with Gasteiger partial charge in [-0.2, -0.15) is 0 Å². The SMILES string of the molecule is CN=C(NC)NCCOC1CCCCCC1.I. The van der Waals surface area contributed by atoms with E-state index < -0.39 is 0 Å². The monoisotopic (exact) mass is 355 g/mol. The van der Waals surface area contributed by atoms with Crippen molar-refractivity contribution in [1.82, 2.24) is 10.6 Å². The second-order valence-corrected chi connectivity index (χ2v) is 4.23. The molecule has 1 aliphatic carbocycles. The fourth-order valence-electron chi connectivity index (χ4n) is 2.08. The topological polar surface area (TPSA) is 45.7 Å². The van der Waals surface area contributed by atoms with Crippen molar-refractivity contribution in [2.45, 2.75) is 44.6 Å². The maximum atomic E-state index is 5.86. The zero-order valence-electron chi connectivity index (χ0n) is 11.0. The molecule has 0 aliphatic heterocycles. The Balaban J connectivity index is 0.00000256. The lowest BCUT2D eigenvalue weighted by Gasteiger charge is -2.16. The standard InChI is InChI=1S/C12H25N3O.HI/c1-13-12(14-2)15-9-10-16-11-7-5-3-4-6-8-11;/h11H,3-10H2,1-2H3,(H2,13,14,15);1H. The summed E-state index contributed by atoms with van der Waals surface area (Å²) in [5.41, 5.74) is 0. The Labute approximate surface area is 122 Å². The molecule has 1 rings (SSSR count). The second-order valence-electron chi connectivity index (χ2n) is 4.23. The van der Waals surface area contributed by atoms with Crippen LogP contribution in [0.4, 0.5) is 0 Å². The van der Waals surface area contributed by atoms with E-state index in [1.165, 1.54) is 38.5 Å². The Hall–Kier alpha value is -0.0400. The van der Waals surface area contributed by atoms with Gasteiger partial charge in [0.25, 0.3) is 0 Å². The number of guanidine groups is 1. The molecule has 0 amide bonds. The summed E-state index contributed by atoms with van der Waals surface area (Å²) < 4.78 is 5.86. The van der Waals surface area contributed by atoms with Crippen molar-refractivity contribution in [3.8, 4) is 0 Å². The number of nitrogens with one attached hydrogen (secondary N) is 2. The summed E-state index contributed by atoms with van der Waals surface area (Å²) in [6.07, 6.45) is 8.38. The first-order chi connectivity index (χ1) is 7.86. The predicted molar refractivity (Wildman–Crippen MR) is 83.3 cm³/mol. The molecular weight excluding hydrogens is 329 g/mol. The van der Waals surface area contributed by atoms with Crippen LogP contribution in [-0.4, -0.2) is 39.3 Å². The van der Waals surface area contributed by atoms with Gasteiger partial charge < -0.3 is 15.4 Å². The molecule has 0 saturated heterocycles. The summed E-state index contributed by atoms with van der Waals surface area (Å²) in [4.78, 5) is 4.04. The van der Waals surface area contributed by atoms with Crippen LogP contribution in [0.2, 0.25) is 0 Å². The zero-order valence-corrected chi connectivity index (χ0v) is 13.3. The van der Waals surface area contributed by atoms with Crippen LogP contribution in [0.25, 0.3) is 0 Å². The third-order valence-electron chi connectivity index (χ3n) is 3.01. The van der Waals surface area contributed by atoms with Gasteiger partial charge in [0.15, 0.2) is 5.96 Å². The van der Waals surface area contributed by atoms with Gasteiger partial charge >= 0.3 is 0 Å². The predicted octanol–water partition coefficient (Wildman–Crippen LogP) is 2.14. The largest absolute Gasteiger partial charge is 0.376 e. The van der Waals surface area contributed by atoms with Crippen LogP contribution in [0, 0.1) is 0 Å². The molecule has 4 nitrogen and oxygen atoms in total. The number of rotatable bonds is 4. The van der Waals surface area contributed by atoms with E-state index >= 15 is 0 Å². The molecule has 0 heterocycles. The maximum Gasteiger partial charge on any atom is 0.190 e. The van der Waals surface area contributed by atoms with Gasteiger partial charge in [0, 0.05) is 20.6 Å². The van der Waals surface area contributed by atoms with Crippen LogP contribution >= 0.6 is 24.0 Å². The Morgan fingerprint density at radius 2 is 1.88 bits per heavy atom. The molecule has 1 fully saturated rings. The first-order valence-corrected chi connectivity index (χ1v) is 6.37. The lowest BCUT2D eigenvalue weighted by molar-refractivity contribution is 0.0468. The Morgan fingerprint density at radius 3 is 2.41 bits per heavy atom. The van der Waals surface area contributed by atoms with Gasteiger partial charge in [-0.1, -0.05) is 25.7 Å². The third kappa shape index (κ3) is 7.81. The van der Waals surface area contributed by atoms with E-state index in [0.717, 1.165) is 19.1 Å². The van der Waals surface area contributed by atoms with E-state index in [9.17, 15) is 0 Å². The average molecular weight is 355 g/mol. The molecule has 0 spiro atoms. The molecule has 2 N–H and O–H groups in total. The number of halogens is 1. The van der Waals surface area contributed by atoms with Gasteiger partial charge in [0.2, 0.25) is 0 Å². The van der Waals surface area contributed by atoms with E-state index in [0.29, 0.717) is 6.10 Å². The normalized spacial score (nSPS) is 18.1. The van der Waals surface area contributed by atoms with Crippen molar-refractivity contribution in [3.05, 3.63) is 0 Å². The number of aliphatic imine (C=N–C) groups is 1. The van der Waals surface area contributed by atoms with Gasteiger partial charge in [-0.25, -0.2) is 0 Å². The molecule has 0 atom stereocenters. The molecule has 0 radical (unpaired) electrons. The van der Waals surface area contributed by atoms with E-state index in [1.807, 2.05) is 7.05 Å². The van der Waals surface area contributed by atoms with Crippen LogP contribution in [0.15, 0.2) is 4.99 Å². The lowest BCUT2D eigenvalue weighted by atomic mass is 10.1. The van der Waals surface area contributed by atoms with Gasteiger partial charge in [0.1, 0.15) is 0 Å². The average Bonchev–Trinajstić information content (AvgIpc) is 2.58. The summed E-state index contributed by atoms with van der Waals surface area (Å²) in [7, 11) is 3.63. The highest BCUT2D eigenvalue weighted by atomic mass is 127. The fraction of sp³-hybridized carbons (Fsp3) is 0.917. The molecule has 5 heteroatoms. The molecular formula is C12H26IN3O. The van der Waals surface area contributed by atoms with Crippen molar-refractivity contribution in [3.63, 3.8) is 0 Å². The Kier molecular flexibility index (Phi) is 11.0. The quantitative estimate of drug-likeness (QED) is 0.267. The van der Waals surface area contributed by atoms with Crippen LogP contribution in [-0.2, 0) is 4.74 Å². The highest BCUT2D eigenvalue weighted by Gasteiger charge is 2.11. The second kappa shape index (κ2) is 11.1. The van der Waals surface area contributed by atoms with Crippen molar-refractivity contribution in [2.75, 3.05) is 27.2 Å². The number of hydrogen-bond acceptors (Lipinski definition) is 2. The van der Waals surface area contributed by atoms with Crippen LogP contribution in [0.1, 0.15) is 38.5 Å². The summed E-state index contributed by atoms with van der Waals surface area (Å²) in [6, 6.07) is 0. The minimum atomic E-state index is 0. The van der Waals surface area contributed by atoms with Gasteiger partial charge in [0.05, 0.1) is 12.7 Å². The number of hydrogen-bond donors (Lipinski definition) is 2. The van der Waals surface area contributed by atoms with Crippen molar-refractivity contribution < 1.29 is 4.74 Å². The van der Waals surface area contributed by atoms with Crippen LogP contribution in [0.5, 0.6) is 0 Å². The minimum Gasteiger partial charge on any atom is -0.376 e. The smallest absolute Gasteiger partial charge is 0.190 e. The zero-order chi connectivity index (χ0) is 11.6. The van der Waals surface area contributed by atoms with Crippen molar-refractivity contribution in [1.29, 1.82) is 0 Å². The molecule has 17 heavy (non-hydrogen) atoms. The van der Waals surface area contributed by atoms with E-state index in [4.69, 9.17) is 4.74 Å². The van der Waals surface area contributed by atoms with E-state index in [2.05, 4.69) is 15.6 Å². The highest BCUT2D eigenvalue weighted by molar-refractivity contribution is 14.0. The lowest BCUT2D eigenvalue weighted by Crippen LogP contribution is -2.37. The van der Waals surface area contributed by atoms with Crippen LogP contribution in [0.3, 0.4) is 0 Å². The summed E-state index contributed by atoms with van der Waals surface area (Å²) in [5, 5.41) is 6.17. The Bertz CT molecular complexity index is 204. The summed E-state index contributed by atoms with van der Waals surface area (Å²) in [5.74, 6) is 0.824. The molecule has 0 unspecified atom stereocenters. The fourth-order valence-corrected chi connectivity index (χ4v) is 2.08.